The molecule has 0 saturated carbocycles. The minimum absolute atomic E-state index is 0.0463. The van der Waals surface area contributed by atoms with Crippen molar-refractivity contribution < 1.29 is 4.79 Å². The number of carbonyl (C=O) groups is 1. The van der Waals surface area contributed by atoms with Gasteiger partial charge in [0.1, 0.15) is 0 Å². The van der Waals surface area contributed by atoms with Crippen LogP contribution in [0.3, 0.4) is 0 Å². The number of nitrogens with one attached hydrogen (secondary N) is 1. The van der Waals surface area contributed by atoms with E-state index in [9.17, 15) is 4.79 Å². The second kappa shape index (κ2) is 7.15. The third-order valence-electron chi connectivity index (χ3n) is 4.40. The SMILES string of the molecule is CCN1CCN(c2ccc(NC(=O)c3ccsc3)cc2C)CC1. The third-order valence-corrected chi connectivity index (χ3v) is 5.08. The Bertz CT molecular complexity index is 661. The Labute approximate surface area is 141 Å². The van der Waals surface area contributed by atoms with Gasteiger partial charge in [0.15, 0.2) is 0 Å². The van der Waals surface area contributed by atoms with Gasteiger partial charge in [-0.2, -0.15) is 11.3 Å². The molecule has 1 aliphatic heterocycles. The van der Waals surface area contributed by atoms with Crippen LogP contribution < -0.4 is 10.2 Å². The molecule has 0 spiro atoms. The Balaban J connectivity index is 1.67. The summed E-state index contributed by atoms with van der Waals surface area (Å²) in [6, 6.07) is 8.03. The molecule has 1 amide bonds. The van der Waals surface area contributed by atoms with Gasteiger partial charge >= 0.3 is 0 Å². The number of piperazine rings is 1. The minimum Gasteiger partial charge on any atom is -0.369 e. The fourth-order valence-corrected chi connectivity index (χ4v) is 3.63. The number of anilines is 2. The number of likely N-dealkylation sites (N-methyl/N-ethyl adjacent to an activating group) is 1. The molecule has 1 fully saturated rings. The molecule has 0 unspecified atom stereocenters. The van der Waals surface area contributed by atoms with Crippen LogP contribution in [0.1, 0.15) is 22.8 Å². The van der Waals surface area contributed by atoms with Crippen LogP contribution in [0.2, 0.25) is 0 Å². The van der Waals surface area contributed by atoms with Crippen LogP contribution in [-0.4, -0.2) is 43.5 Å². The van der Waals surface area contributed by atoms with Crippen molar-refractivity contribution in [1.29, 1.82) is 0 Å². The summed E-state index contributed by atoms with van der Waals surface area (Å²) in [7, 11) is 0. The van der Waals surface area contributed by atoms with E-state index in [0.717, 1.165) is 38.4 Å². The molecular weight excluding hydrogens is 306 g/mol. The van der Waals surface area contributed by atoms with Gasteiger partial charge in [-0.3, -0.25) is 4.79 Å². The molecule has 0 aliphatic carbocycles. The average molecular weight is 329 g/mol. The Morgan fingerprint density at radius 1 is 1.22 bits per heavy atom. The number of carbonyl (C=O) groups excluding carboxylic acids is 1. The molecule has 3 rings (SSSR count). The fraction of sp³-hybridized carbons (Fsp3) is 0.389. The van der Waals surface area contributed by atoms with Gasteiger partial charge in [-0.05, 0) is 48.7 Å². The van der Waals surface area contributed by atoms with Crippen molar-refractivity contribution in [3.8, 4) is 0 Å². The molecular formula is C18H23N3OS. The molecule has 1 aromatic heterocycles. The molecule has 122 valence electrons. The van der Waals surface area contributed by atoms with E-state index in [1.807, 2.05) is 22.9 Å². The molecule has 1 aromatic carbocycles. The van der Waals surface area contributed by atoms with Gasteiger partial charge in [-0.25, -0.2) is 0 Å². The van der Waals surface area contributed by atoms with Crippen LogP contribution in [-0.2, 0) is 0 Å². The average Bonchev–Trinajstić information content (AvgIpc) is 3.10. The maximum atomic E-state index is 12.1. The van der Waals surface area contributed by atoms with Crippen molar-refractivity contribution in [2.75, 3.05) is 42.9 Å². The summed E-state index contributed by atoms with van der Waals surface area (Å²) >= 11 is 1.53. The van der Waals surface area contributed by atoms with Crippen molar-refractivity contribution in [2.45, 2.75) is 13.8 Å². The quantitative estimate of drug-likeness (QED) is 0.933. The smallest absolute Gasteiger partial charge is 0.256 e. The second-order valence-corrected chi connectivity index (χ2v) is 6.67. The normalized spacial score (nSPS) is 15.7. The summed E-state index contributed by atoms with van der Waals surface area (Å²) in [6.45, 7) is 9.82. The van der Waals surface area contributed by atoms with Crippen LogP contribution in [0.25, 0.3) is 0 Å². The molecule has 5 heteroatoms. The second-order valence-electron chi connectivity index (χ2n) is 5.89. The largest absolute Gasteiger partial charge is 0.369 e. The summed E-state index contributed by atoms with van der Waals surface area (Å²) in [5.74, 6) is -0.0463. The van der Waals surface area contributed by atoms with Crippen LogP contribution in [0.15, 0.2) is 35.0 Å². The van der Waals surface area contributed by atoms with E-state index in [-0.39, 0.29) is 5.91 Å². The first kappa shape index (κ1) is 16.0. The molecule has 2 aromatic rings. The first-order valence-electron chi connectivity index (χ1n) is 8.09. The summed E-state index contributed by atoms with van der Waals surface area (Å²) in [6.07, 6.45) is 0. The van der Waals surface area contributed by atoms with Gasteiger partial charge in [-0.1, -0.05) is 6.92 Å². The topological polar surface area (TPSA) is 35.6 Å². The first-order valence-corrected chi connectivity index (χ1v) is 9.03. The third kappa shape index (κ3) is 3.74. The number of hydrogen-bond acceptors (Lipinski definition) is 4. The minimum atomic E-state index is -0.0463. The Kier molecular flexibility index (Phi) is 4.98. The van der Waals surface area contributed by atoms with E-state index in [1.165, 1.54) is 22.6 Å². The molecule has 0 radical (unpaired) electrons. The zero-order chi connectivity index (χ0) is 16.2. The summed E-state index contributed by atoms with van der Waals surface area (Å²) in [4.78, 5) is 17.0. The highest BCUT2D eigenvalue weighted by Gasteiger charge is 2.17. The lowest BCUT2D eigenvalue weighted by atomic mass is 10.1. The summed E-state index contributed by atoms with van der Waals surface area (Å²) in [5.41, 5.74) is 4.05. The Morgan fingerprint density at radius 2 is 2.00 bits per heavy atom. The Morgan fingerprint density at radius 3 is 2.61 bits per heavy atom. The van der Waals surface area contributed by atoms with Gasteiger partial charge < -0.3 is 15.1 Å². The highest BCUT2D eigenvalue weighted by molar-refractivity contribution is 7.08. The standard InChI is InChI=1S/C18H23N3OS/c1-3-20-7-9-21(10-8-20)17-5-4-16(12-14(17)2)19-18(22)15-6-11-23-13-15/h4-6,11-13H,3,7-10H2,1-2H3,(H,19,22). The Hall–Kier alpha value is -1.85. The maximum absolute atomic E-state index is 12.1. The van der Waals surface area contributed by atoms with Gasteiger partial charge in [0.2, 0.25) is 0 Å². The van der Waals surface area contributed by atoms with Gasteiger partial charge in [0, 0.05) is 42.9 Å². The molecule has 0 atom stereocenters. The highest BCUT2D eigenvalue weighted by Crippen LogP contribution is 2.25. The van der Waals surface area contributed by atoms with E-state index in [1.54, 1.807) is 0 Å². The predicted molar refractivity (Wildman–Crippen MR) is 97.8 cm³/mol. The van der Waals surface area contributed by atoms with Crippen LogP contribution in [0, 0.1) is 6.92 Å². The molecule has 2 heterocycles. The first-order chi connectivity index (χ1) is 11.2. The van der Waals surface area contributed by atoms with Gasteiger partial charge in [-0.15, -0.1) is 0 Å². The lowest BCUT2D eigenvalue weighted by molar-refractivity contribution is 0.102. The summed E-state index contributed by atoms with van der Waals surface area (Å²) < 4.78 is 0. The van der Waals surface area contributed by atoms with Crippen LogP contribution in [0.5, 0.6) is 0 Å². The van der Waals surface area contributed by atoms with E-state index < -0.39 is 0 Å². The monoisotopic (exact) mass is 329 g/mol. The predicted octanol–water partition coefficient (Wildman–Crippen LogP) is 3.45. The van der Waals surface area contributed by atoms with Crippen LogP contribution in [0.4, 0.5) is 11.4 Å². The maximum Gasteiger partial charge on any atom is 0.256 e. The van der Waals surface area contributed by atoms with E-state index in [0.29, 0.717) is 5.56 Å². The molecule has 23 heavy (non-hydrogen) atoms. The lowest BCUT2D eigenvalue weighted by Crippen LogP contribution is -2.46. The molecule has 1 aliphatic rings. The number of amides is 1. The van der Waals surface area contributed by atoms with E-state index >= 15 is 0 Å². The highest BCUT2D eigenvalue weighted by atomic mass is 32.1. The number of rotatable bonds is 4. The number of aryl methyl sites for hydroxylation is 1. The molecule has 1 N–H and O–H groups in total. The lowest BCUT2D eigenvalue weighted by Gasteiger charge is -2.36. The number of hydrogen-bond donors (Lipinski definition) is 1. The number of benzene rings is 1. The number of nitrogens with zero attached hydrogens (tertiary/aromatic N) is 2. The zero-order valence-electron chi connectivity index (χ0n) is 13.7. The van der Waals surface area contributed by atoms with Gasteiger partial charge in [0.05, 0.1) is 5.56 Å². The van der Waals surface area contributed by atoms with Crippen molar-refractivity contribution in [1.82, 2.24) is 4.90 Å². The molecule has 4 nitrogen and oxygen atoms in total. The van der Waals surface area contributed by atoms with Crippen molar-refractivity contribution >= 4 is 28.6 Å². The molecule has 0 bridgehead atoms. The van der Waals surface area contributed by atoms with E-state index in [2.05, 4.69) is 41.1 Å². The van der Waals surface area contributed by atoms with Crippen molar-refractivity contribution in [2.24, 2.45) is 0 Å². The molecule has 1 saturated heterocycles. The van der Waals surface area contributed by atoms with Crippen molar-refractivity contribution in [3.63, 3.8) is 0 Å². The van der Waals surface area contributed by atoms with Crippen molar-refractivity contribution in [3.05, 3.63) is 46.2 Å². The zero-order valence-corrected chi connectivity index (χ0v) is 14.5. The van der Waals surface area contributed by atoms with E-state index in [4.69, 9.17) is 0 Å². The summed E-state index contributed by atoms with van der Waals surface area (Å²) in [5, 5.41) is 6.75. The number of thiophene rings is 1. The fourth-order valence-electron chi connectivity index (χ4n) is 2.99. The van der Waals surface area contributed by atoms with Gasteiger partial charge in [0.25, 0.3) is 5.91 Å². The van der Waals surface area contributed by atoms with Crippen LogP contribution >= 0.6 is 11.3 Å².